The molecule has 0 spiro atoms. The number of rotatable bonds is 2. The Kier molecular flexibility index (Phi) is 3.92. The predicted octanol–water partition coefficient (Wildman–Crippen LogP) is 3.94. The van der Waals surface area contributed by atoms with Gasteiger partial charge in [-0.3, -0.25) is 9.36 Å². The van der Waals surface area contributed by atoms with Gasteiger partial charge in [-0.2, -0.15) is 0 Å². The van der Waals surface area contributed by atoms with Crippen molar-refractivity contribution in [2.45, 2.75) is 13.0 Å². The van der Waals surface area contributed by atoms with Crippen molar-refractivity contribution in [2.24, 2.45) is 5.73 Å². The molecule has 0 fully saturated rings. The number of aromatic nitrogens is 1. The van der Waals surface area contributed by atoms with Crippen molar-refractivity contribution in [1.29, 1.82) is 0 Å². The second-order valence-corrected chi connectivity index (χ2v) is 5.71. The fourth-order valence-corrected chi connectivity index (χ4v) is 2.84. The maximum atomic E-state index is 14.2. The Labute approximate surface area is 135 Å². The van der Waals surface area contributed by atoms with Crippen LogP contribution < -0.4 is 11.3 Å². The summed E-state index contributed by atoms with van der Waals surface area (Å²) in [6.45, 7) is 1.67. The van der Waals surface area contributed by atoms with Crippen LogP contribution in [0.4, 0.5) is 8.78 Å². The van der Waals surface area contributed by atoms with E-state index < -0.39 is 23.2 Å². The van der Waals surface area contributed by atoms with Crippen molar-refractivity contribution < 1.29 is 8.78 Å². The lowest BCUT2D eigenvalue weighted by Gasteiger charge is -2.18. The number of nitrogens with zero attached hydrogens (tertiary/aromatic N) is 1. The van der Waals surface area contributed by atoms with E-state index in [0.717, 1.165) is 22.8 Å². The van der Waals surface area contributed by atoms with Gasteiger partial charge in [0.2, 0.25) is 0 Å². The zero-order chi connectivity index (χ0) is 16.7. The molecule has 0 aliphatic carbocycles. The van der Waals surface area contributed by atoms with Crippen LogP contribution >= 0.6 is 11.6 Å². The van der Waals surface area contributed by atoms with E-state index in [9.17, 15) is 13.6 Å². The zero-order valence-corrected chi connectivity index (χ0v) is 12.9. The summed E-state index contributed by atoms with van der Waals surface area (Å²) in [7, 11) is 0. The molecule has 0 aliphatic rings. The summed E-state index contributed by atoms with van der Waals surface area (Å²) >= 11 is 6.11. The van der Waals surface area contributed by atoms with E-state index in [1.54, 1.807) is 31.2 Å². The molecule has 118 valence electrons. The largest absolute Gasteiger partial charge is 0.323 e. The summed E-state index contributed by atoms with van der Waals surface area (Å²) in [4.78, 5) is 12.9. The number of fused-ring (bicyclic) bond motifs is 1. The Morgan fingerprint density at radius 3 is 2.61 bits per heavy atom. The number of halogens is 3. The van der Waals surface area contributed by atoms with Gasteiger partial charge in [0.05, 0.1) is 16.1 Å². The van der Waals surface area contributed by atoms with Crippen LogP contribution in [0.25, 0.3) is 16.5 Å². The van der Waals surface area contributed by atoms with Gasteiger partial charge in [0.25, 0.3) is 5.56 Å². The van der Waals surface area contributed by atoms with E-state index in [1.807, 2.05) is 0 Å². The van der Waals surface area contributed by atoms with Crippen molar-refractivity contribution in [3.05, 3.63) is 75.2 Å². The van der Waals surface area contributed by atoms with Crippen LogP contribution in [0, 0.1) is 11.6 Å². The fraction of sp³-hybridized carbons (Fsp3) is 0.118. The molecule has 3 aromatic rings. The van der Waals surface area contributed by atoms with Crippen molar-refractivity contribution in [3.8, 4) is 5.69 Å². The van der Waals surface area contributed by atoms with Crippen LogP contribution in [0.5, 0.6) is 0 Å². The highest BCUT2D eigenvalue weighted by molar-refractivity contribution is 6.35. The molecule has 0 aliphatic heterocycles. The molecule has 2 N–H and O–H groups in total. The number of hydrogen-bond acceptors (Lipinski definition) is 2. The third kappa shape index (κ3) is 2.62. The Bertz CT molecular complexity index is 967. The topological polar surface area (TPSA) is 48.0 Å². The minimum Gasteiger partial charge on any atom is -0.323 e. The second kappa shape index (κ2) is 5.76. The number of pyridine rings is 1. The quantitative estimate of drug-likeness (QED) is 0.771. The summed E-state index contributed by atoms with van der Waals surface area (Å²) in [6, 6.07) is 9.03. The van der Waals surface area contributed by atoms with Crippen LogP contribution in [-0.4, -0.2) is 4.57 Å². The molecule has 1 aromatic heterocycles. The van der Waals surface area contributed by atoms with Crippen molar-refractivity contribution in [2.75, 3.05) is 0 Å². The lowest BCUT2D eigenvalue weighted by atomic mass is 10.1. The smallest absolute Gasteiger partial charge is 0.264 e. The highest BCUT2D eigenvalue weighted by Crippen LogP contribution is 2.25. The van der Waals surface area contributed by atoms with Gasteiger partial charge < -0.3 is 5.73 Å². The van der Waals surface area contributed by atoms with E-state index in [0.29, 0.717) is 11.1 Å². The average molecular weight is 335 g/mol. The molecule has 0 radical (unpaired) electrons. The summed E-state index contributed by atoms with van der Waals surface area (Å²) in [6.07, 6.45) is 0. The zero-order valence-electron chi connectivity index (χ0n) is 12.2. The minimum absolute atomic E-state index is 0.191. The highest BCUT2D eigenvalue weighted by Gasteiger charge is 2.18. The van der Waals surface area contributed by atoms with Gasteiger partial charge in [-0.05, 0) is 36.6 Å². The minimum atomic E-state index is -0.721. The summed E-state index contributed by atoms with van der Waals surface area (Å²) in [5.74, 6) is -1.37. The normalized spacial score (nSPS) is 12.6. The van der Waals surface area contributed by atoms with Crippen LogP contribution in [0.2, 0.25) is 5.02 Å². The molecule has 0 saturated carbocycles. The first-order chi connectivity index (χ1) is 10.9. The number of hydrogen-bond donors (Lipinski definition) is 1. The molecule has 2 aromatic carbocycles. The first kappa shape index (κ1) is 15.6. The Balaban J connectivity index is 2.50. The summed E-state index contributed by atoms with van der Waals surface area (Å²) < 4.78 is 28.8. The Morgan fingerprint density at radius 1 is 1.17 bits per heavy atom. The van der Waals surface area contributed by atoms with Crippen LogP contribution in [0.1, 0.15) is 18.7 Å². The van der Waals surface area contributed by atoms with Gasteiger partial charge in [0.15, 0.2) is 0 Å². The molecule has 0 bridgehead atoms. The Hall–Kier alpha value is -2.24. The first-order valence-electron chi connectivity index (χ1n) is 6.95. The average Bonchev–Trinajstić information content (AvgIpc) is 2.49. The summed E-state index contributed by atoms with van der Waals surface area (Å²) in [5, 5.41) is 1.08. The monoisotopic (exact) mass is 334 g/mol. The number of benzene rings is 2. The SMILES string of the molecule is CC(N)c1cc2cccc(Cl)c2c(=O)n1-c1cc(F)ccc1F. The molecule has 6 heteroatoms. The molecule has 1 atom stereocenters. The fourth-order valence-electron chi connectivity index (χ4n) is 2.58. The molecule has 3 rings (SSSR count). The molecule has 0 saturated heterocycles. The van der Waals surface area contributed by atoms with Gasteiger partial charge in [-0.15, -0.1) is 0 Å². The second-order valence-electron chi connectivity index (χ2n) is 5.30. The van der Waals surface area contributed by atoms with E-state index >= 15 is 0 Å². The molecule has 1 heterocycles. The van der Waals surface area contributed by atoms with Gasteiger partial charge in [0, 0.05) is 17.8 Å². The van der Waals surface area contributed by atoms with Gasteiger partial charge in [-0.1, -0.05) is 23.7 Å². The van der Waals surface area contributed by atoms with Crippen molar-refractivity contribution >= 4 is 22.4 Å². The van der Waals surface area contributed by atoms with E-state index in [-0.39, 0.29) is 16.1 Å². The maximum absolute atomic E-state index is 14.2. The first-order valence-corrected chi connectivity index (χ1v) is 7.33. The van der Waals surface area contributed by atoms with Crippen molar-refractivity contribution in [1.82, 2.24) is 4.57 Å². The molecular formula is C17H13ClF2N2O. The molecule has 0 amide bonds. The molecular weight excluding hydrogens is 322 g/mol. The third-order valence-corrected chi connectivity index (χ3v) is 3.95. The van der Waals surface area contributed by atoms with Gasteiger partial charge >= 0.3 is 0 Å². The maximum Gasteiger partial charge on any atom is 0.264 e. The molecule has 3 nitrogen and oxygen atoms in total. The lowest BCUT2D eigenvalue weighted by molar-refractivity contribution is 0.586. The van der Waals surface area contributed by atoms with Gasteiger partial charge in [-0.25, -0.2) is 8.78 Å². The standard InChI is InChI=1S/C17H13ClF2N2O/c1-9(21)14-7-10-3-2-4-12(18)16(10)17(23)22(14)15-8-11(19)5-6-13(15)20/h2-9H,21H2,1H3. The predicted molar refractivity (Wildman–Crippen MR) is 87.1 cm³/mol. The van der Waals surface area contributed by atoms with Crippen LogP contribution in [0.3, 0.4) is 0 Å². The third-order valence-electron chi connectivity index (χ3n) is 3.64. The van der Waals surface area contributed by atoms with Crippen LogP contribution in [0.15, 0.2) is 47.3 Å². The Morgan fingerprint density at radius 2 is 1.91 bits per heavy atom. The van der Waals surface area contributed by atoms with E-state index in [2.05, 4.69) is 0 Å². The van der Waals surface area contributed by atoms with E-state index in [4.69, 9.17) is 17.3 Å². The lowest BCUT2D eigenvalue weighted by Crippen LogP contribution is -2.26. The number of nitrogens with two attached hydrogens (primary N) is 1. The van der Waals surface area contributed by atoms with Crippen molar-refractivity contribution in [3.63, 3.8) is 0 Å². The molecule has 1 unspecified atom stereocenters. The van der Waals surface area contributed by atoms with E-state index in [1.165, 1.54) is 0 Å². The van der Waals surface area contributed by atoms with Gasteiger partial charge in [0.1, 0.15) is 11.6 Å². The molecule has 23 heavy (non-hydrogen) atoms. The highest BCUT2D eigenvalue weighted by atomic mass is 35.5. The van der Waals surface area contributed by atoms with Crippen LogP contribution in [-0.2, 0) is 0 Å². The summed E-state index contributed by atoms with van der Waals surface area (Å²) in [5.41, 5.74) is 5.57.